The summed E-state index contributed by atoms with van der Waals surface area (Å²) < 4.78 is 50.2. The minimum Gasteiger partial charge on any atom is -0.496 e. The predicted octanol–water partition coefficient (Wildman–Crippen LogP) is 4.78. The summed E-state index contributed by atoms with van der Waals surface area (Å²) in [6.45, 7) is 0. The molecule has 0 amide bonds. The Balaban J connectivity index is 2.03. The van der Waals surface area contributed by atoms with Crippen molar-refractivity contribution in [2.24, 2.45) is 0 Å². The number of methoxy groups -OCH3 is 2. The zero-order valence-electron chi connectivity index (χ0n) is 17.8. The summed E-state index contributed by atoms with van der Waals surface area (Å²) in [5.41, 5.74) is 2.54. The van der Waals surface area contributed by atoms with Gasteiger partial charge in [0.1, 0.15) is 17.3 Å². The van der Waals surface area contributed by atoms with Crippen molar-refractivity contribution in [1.82, 2.24) is 0 Å². The third-order valence-electron chi connectivity index (χ3n) is 4.61. The second kappa shape index (κ2) is 9.65. The number of anilines is 1. The average Bonchev–Trinajstić information content (AvgIpc) is 2.76. The summed E-state index contributed by atoms with van der Waals surface area (Å²) in [6.07, 6.45) is 4.02. The van der Waals surface area contributed by atoms with Crippen LogP contribution in [0.3, 0.4) is 0 Å². The molecule has 32 heavy (non-hydrogen) atoms. The fraction of sp³-hybridized carbons (Fsp3) is 0.125. The lowest BCUT2D eigenvalue weighted by molar-refractivity contribution is 0.104. The molecule has 0 saturated carbocycles. The summed E-state index contributed by atoms with van der Waals surface area (Å²) in [4.78, 5) is 12.4. The number of hydrogen-bond donors (Lipinski definition) is 1. The van der Waals surface area contributed by atoms with Gasteiger partial charge in [-0.3, -0.25) is 9.52 Å². The molecule has 0 spiro atoms. The molecule has 0 aliphatic heterocycles. The average molecular weight is 456 g/mol. The van der Waals surface area contributed by atoms with E-state index in [0.29, 0.717) is 39.4 Å². The van der Waals surface area contributed by atoms with E-state index >= 15 is 0 Å². The van der Waals surface area contributed by atoms with Gasteiger partial charge in [0.05, 0.1) is 26.2 Å². The molecule has 0 atom stereocenters. The summed E-state index contributed by atoms with van der Waals surface area (Å²) in [7, 11) is -0.506. The Kier molecular flexibility index (Phi) is 6.95. The molecule has 3 rings (SSSR count). The normalized spacial score (nSPS) is 11.4. The number of hydrogen-bond acceptors (Lipinski definition) is 5. The van der Waals surface area contributed by atoms with Gasteiger partial charge in [0.15, 0.2) is 5.78 Å². The molecule has 0 bridgehead atoms. The van der Waals surface area contributed by atoms with Crippen LogP contribution in [-0.4, -0.2) is 34.7 Å². The van der Waals surface area contributed by atoms with E-state index in [1.807, 2.05) is 0 Å². The van der Waals surface area contributed by atoms with Crippen LogP contribution in [0.15, 0.2) is 66.7 Å². The molecular formula is C24H22FNO5S. The second-order valence-electron chi connectivity index (χ2n) is 6.92. The first-order valence-electron chi connectivity index (χ1n) is 9.53. The molecule has 0 radical (unpaired) electrons. The zero-order valence-corrected chi connectivity index (χ0v) is 18.6. The zero-order chi connectivity index (χ0) is 23.3. The SMILES string of the molecule is COc1cc(-c2ccccc2NS(C)(=O)=O)c(OC)cc1/C=C/C(=O)c1ccc(F)cc1. The minimum absolute atomic E-state index is 0.294. The topological polar surface area (TPSA) is 81.7 Å². The summed E-state index contributed by atoms with van der Waals surface area (Å²) in [5, 5.41) is 0. The maximum atomic E-state index is 13.1. The van der Waals surface area contributed by atoms with Gasteiger partial charge in [0, 0.05) is 22.3 Å². The maximum absolute atomic E-state index is 13.1. The van der Waals surface area contributed by atoms with Crippen LogP contribution < -0.4 is 14.2 Å². The van der Waals surface area contributed by atoms with Crippen molar-refractivity contribution in [2.75, 3.05) is 25.2 Å². The van der Waals surface area contributed by atoms with Crippen LogP contribution in [0.25, 0.3) is 17.2 Å². The van der Waals surface area contributed by atoms with Gasteiger partial charge >= 0.3 is 0 Å². The van der Waals surface area contributed by atoms with E-state index in [1.54, 1.807) is 42.5 Å². The molecule has 0 aliphatic rings. The molecule has 8 heteroatoms. The van der Waals surface area contributed by atoms with Crippen LogP contribution in [-0.2, 0) is 10.0 Å². The number of para-hydroxylation sites is 1. The van der Waals surface area contributed by atoms with E-state index in [2.05, 4.69) is 4.72 Å². The standard InChI is InChI=1S/C24H22FNO5S/c1-30-23-15-20(19-6-4-5-7-21(19)26-32(3,28)29)24(31-2)14-17(23)10-13-22(27)16-8-11-18(25)12-9-16/h4-15,26H,1-3H3/b13-10+. The highest BCUT2D eigenvalue weighted by atomic mass is 32.2. The van der Waals surface area contributed by atoms with E-state index in [9.17, 15) is 17.6 Å². The van der Waals surface area contributed by atoms with E-state index in [0.717, 1.165) is 6.26 Å². The van der Waals surface area contributed by atoms with Crippen LogP contribution in [0.5, 0.6) is 11.5 Å². The molecule has 0 aliphatic carbocycles. The smallest absolute Gasteiger partial charge is 0.229 e. The molecule has 0 fully saturated rings. The molecule has 0 heterocycles. The van der Waals surface area contributed by atoms with Crippen LogP contribution in [0.2, 0.25) is 0 Å². The van der Waals surface area contributed by atoms with E-state index in [-0.39, 0.29) is 5.78 Å². The number of sulfonamides is 1. The van der Waals surface area contributed by atoms with Gasteiger partial charge in [-0.05, 0) is 54.6 Å². The Morgan fingerprint density at radius 3 is 2.22 bits per heavy atom. The van der Waals surface area contributed by atoms with E-state index in [1.165, 1.54) is 44.6 Å². The predicted molar refractivity (Wildman–Crippen MR) is 123 cm³/mol. The second-order valence-corrected chi connectivity index (χ2v) is 8.67. The number of halogens is 1. The fourth-order valence-electron chi connectivity index (χ4n) is 3.14. The van der Waals surface area contributed by atoms with Crippen molar-refractivity contribution in [3.8, 4) is 22.6 Å². The lowest BCUT2D eigenvalue weighted by atomic mass is 9.99. The van der Waals surface area contributed by atoms with Gasteiger partial charge in [0.2, 0.25) is 10.0 Å². The molecule has 0 saturated heterocycles. The number of ketones is 1. The van der Waals surface area contributed by atoms with Crippen LogP contribution in [0.1, 0.15) is 15.9 Å². The number of carbonyl (C=O) groups excluding carboxylic acids is 1. The van der Waals surface area contributed by atoms with Crippen LogP contribution in [0.4, 0.5) is 10.1 Å². The Bertz CT molecular complexity index is 1270. The van der Waals surface area contributed by atoms with Crippen molar-refractivity contribution in [1.29, 1.82) is 0 Å². The summed E-state index contributed by atoms with van der Waals surface area (Å²) in [5.74, 6) is 0.205. The molecule has 0 aromatic heterocycles. The molecule has 166 valence electrons. The van der Waals surface area contributed by atoms with E-state index < -0.39 is 15.8 Å². The third kappa shape index (κ3) is 5.53. The third-order valence-corrected chi connectivity index (χ3v) is 5.20. The first-order valence-corrected chi connectivity index (χ1v) is 11.4. The van der Waals surface area contributed by atoms with Gasteiger partial charge in [-0.25, -0.2) is 12.8 Å². The van der Waals surface area contributed by atoms with Crippen molar-refractivity contribution < 1.29 is 27.1 Å². The molecule has 3 aromatic carbocycles. The molecule has 3 aromatic rings. The van der Waals surface area contributed by atoms with Gasteiger partial charge in [-0.1, -0.05) is 18.2 Å². The first kappa shape index (κ1) is 23.0. The van der Waals surface area contributed by atoms with Crippen LogP contribution in [0, 0.1) is 5.82 Å². The highest BCUT2D eigenvalue weighted by molar-refractivity contribution is 7.92. The van der Waals surface area contributed by atoms with Gasteiger partial charge in [-0.2, -0.15) is 0 Å². The highest BCUT2D eigenvalue weighted by Gasteiger charge is 2.16. The van der Waals surface area contributed by atoms with Crippen molar-refractivity contribution in [3.63, 3.8) is 0 Å². The molecule has 6 nitrogen and oxygen atoms in total. The van der Waals surface area contributed by atoms with Crippen LogP contribution >= 0.6 is 0 Å². The maximum Gasteiger partial charge on any atom is 0.229 e. The highest BCUT2D eigenvalue weighted by Crippen LogP contribution is 2.40. The number of allylic oxidation sites excluding steroid dienone is 1. The van der Waals surface area contributed by atoms with Gasteiger partial charge in [0.25, 0.3) is 0 Å². The summed E-state index contributed by atoms with van der Waals surface area (Å²) >= 11 is 0. The van der Waals surface area contributed by atoms with Crippen molar-refractivity contribution >= 4 is 27.6 Å². The largest absolute Gasteiger partial charge is 0.496 e. The number of rotatable bonds is 8. The van der Waals surface area contributed by atoms with E-state index in [4.69, 9.17) is 9.47 Å². The Morgan fingerprint density at radius 1 is 0.938 bits per heavy atom. The molecular weight excluding hydrogens is 433 g/mol. The lowest BCUT2D eigenvalue weighted by Gasteiger charge is -2.16. The minimum atomic E-state index is -3.49. The number of benzene rings is 3. The van der Waals surface area contributed by atoms with Gasteiger partial charge < -0.3 is 9.47 Å². The summed E-state index contributed by atoms with van der Waals surface area (Å²) in [6, 6.07) is 15.6. The monoisotopic (exact) mass is 455 g/mol. The first-order chi connectivity index (χ1) is 15.2. The Hall–Kier alpha value is -3.65. The quantitative estimate of drug-likeness (QED) is 0.391. The Labute approximate surface area is 186 Å². The number of carbonyl (C=O) groups is 1. The lowest BCUT2D eigenvalue weighted by Crippen LogP contribution is -2.10. The Morgan fingerprint density at radius 2 is 1.59 bits per heavy atom. The van der Waals surface area contributed by atoms with Gasteiger partial charge in [-0.15, -0.1) is 0 Å². The number of nitrogens with one attached hydrogen (secondary N) is 1. The molecule has 0 unspecified atom stereocenters. The number of ether oxygens (including phenoxy) is 2. The van der Waals surface area contributed by atoms with Crippen molar-refractivity contribution in [2.45, 2.75) is 0 Å². The van der Waals surface area contributed by atoms with Crippen molar-refractivity contribution in [3.05, 3.63) is 83.7 Å². The fourth-order valence-corrected chi connectivity index (χ4v) is 3.72. The molecule has 1 N–H and O–H groups in total.